The maximum Gasteiger partial charge on any atom is 0.166 e. The summed E-state index contributed by atoms with van der Waals surface area (Å²) < 4.78 is 55.7. The smallest absolute Gasteiger partial charge is 0.166 e. The zero-order valence-electron chi connectivity index (χ0n) is 22.2. The molecule has 0 saturated carbocycles. The Morgan fingerprint density at radius 1 is 0.692 bits per heavy atom. The summed E-state index contributed by atoms with van der Waals surface area (Å²) in [4.78, 5) is 0. The fraction of sp³-hybridized carbons (Fsp3) is 0.235. The SMILES string of the molecule is C=CCCOc1ccc(-c2ccc(CCc3ccc(-c4ccc(OCCCC)cc4)c(F)c3F)cc2)c(F)c1. The summed E-state index contributed by atoms with van der Waals surface area (Å²) in [5.41, 5.74) is 3.29. The van der Waals surface area contributed by atoms with Gasteiger partial charge in [-0.05, 0) is 72.2 Å². The third-order valence-electron chi connectivity index (χ3n) is 6.57. The topological polar surface area (TPSA) is 18.5 Å². The van der Waals surface area contributed by atoms with E-state index < -0.39 is 11.6 Å². The van der Waals surface area contributed by atoms with Crippen LogP contribution in [0.5, 0.6) is 11.5 Å². The summed E-state index contributed by atoms with van der Waals surface area (Å²) in [6.07, 6.45) is 5.32. The van der Waals surface area contributed by atoms with Crippen molar-refractivity contribution < 1.29 is 22.6 Å². The van der Waals surface area contributed by atoms with Gasteiger partial charge >= 0.3 is 0 Å². The minimum Gasteiger partial charge on any atom is -0.494 e. The van der Waals surface area contributed by atoms with Crippen LogP contribution < -0.4 is 9.47 Å². The van der Waals surface area contributed by atoms with Gasteiger partial charge in [0, 0.05) is 17.2 Å². The van der Waals surface area contributed by atoms with E-state index in [-0.39, 0.29) is 11.4 Å². The van der Waals surface area contributed by atoms with E-state index in [1.807, 2.05) is 24.3 Å². The molecule has 202 valence electrons. The molecule has 0 aromatic heterocycles. The molecule has 0 N–H and O–H groups in total. The molecule has 2 nitrogen and oxygen atoms in total. The Balaban J connectivity index is 1.39. The van der Waals surface area contributed by atoms with Crippen LogP contribution in [0.25, 0.3) is 22.3 Å². The molecule has 0 heterocycles. The van der Waals surface area contributed by atoms with E-state index >= 15 is 0 Å². The van der Waals surface area contributed by atoms with Gasteiger partial charge in [-0.1, -0.05) is 68.0 Å². The van der Waals surface area contributed by atoms with Crippen molar-refractivity contribution in [3.8, 4) is 33.8 Å². The highest BCUT2D eigenvalue weighted by atomic mass is 19.2. The number of unbranched alkanes of at least 4 members (excludes halogenated alkanes) is 1. The van der Waals surface area contributed by atoms with Crippen LogP contribution in [-0.2, 0) is 12.8 Å². The molecule has 0 aliphatic carbocycles. The molecular weight excluding hydrogens is 497 g/mol. The summed E-state index contributed by atoms with van der Waals surface area (Å²) in [5, 5.41) is 0. The minimum atomic E-state index is -0.852. The molecule has 39 heavy (non-hydrogen) atoms. The lowest BCUT2D eigenvalue weighted by molar-refractivity contribution is 0.309. The second-order valence-electron chi connectivity index (χ2n) is 9.39. The third-order valence-corrected chi connectivity index (χ3v) is 6.57. The van der Waals surface area contributed by atoms with Crippen molar-refractivity contribution >= 4 is 0 Å². The predicted molar refractivity (Wildman–Crippen MR) is 152 cm³/mol. The molecule has 4 aromatic carbocycles. The Labute approximate surface area is 228 Å². The first-order valence-electron chi connectivity index (χ1n) is 13.3. The van der Waals surface area contributed by atoms with Gasteiger partial charge in [0.25, 0.3) is 0 Å². The fourth-order valence-corrected chi connectivity index (χ4v) is 4.28. The molecule has 0 aliphatic rings. The lowest BCUT2D eigenvalue weighted by Gasteiger charge is -2.11. The number of ether oxygens (including phenoxy) is 2. The van der Waals surface area contributed by atoms with Gasteiger partial charge in [0.05, 0.1) is 13.2 Å². The first-order chi connectivity index (χ1) is 19.0. The summed E-state index contributed by atoms with van der Waals surface area (Å²) >= 11 is 0. The number of rotatable bonds is 13. The van der Waals surface area contributed by atoms with Gasteiger partial charge in [0.1, 0.15) is 17.3 Å². The summed E-state index contributed by atoms with van der Waals surface area (Å²) in [6.45, 7) is 6.82. The lowest BCUT2D eigenvalue weighted by Crippen LogP contribution is -2.00. The average molecular weight is 531 g/mol. The van der Waals surface area contributed by atoms with E-state index in [4.69, 9.17) is 9.47 Å². The molecule has 0 atom stereocenters. The van der Waals surface area contributed by atoms with Crippen LogP contribution in [0.4, 0.5) is 13.2 Å². The maximum absolute atomic E-state index is 15.0. The molecule has 0 saturated heterocycles. The van der Waals surface area contributed by atoms with Crippen molar-refractivity contribution in [1.82, 2.24) is 0 Å². The summed E-state index contributed by atoms with van der Waals surface area (Å²) in [7, 11) is 0. The van der Waals surface area contributed by atoms with Crippen molar-refractivity contribution in [1.29, 1.82) is 0 Å². The Morgan fingerprint density at radius 3 is 2.03 bits per heavy atom. The Morgan fingerprint density at radius 2 is 1.33 bits per heavy atom. The lowest BCUT2D eigenvalue weighted by atomic mass is 9.97. The highest BCUT2D eigenvalue weighted by molar-refractivity contribution is 5.66. The first-order valence-corrected chi connectivity index (χ1v) is 13.3. The average Bonchev–Trinajstić information content (AvgIpc) is 2.95. The predicted octanol–water partition coefficient (Wildman–Crippen LogP) is 9.36. The molecule has 4 rings (SSSR count). The Hall–Kier alpha value is -3.99. The molecule has 0 unspecified atom stereocenters. The fourth-order valence-electron chi connectivity index (χ4n) is 4.28. The van der Waals surface area contributed by atoms with Crippen molar-refractivity contribution in [2.75, 3.05) is 13.2 Å². The number of benzene rings is 4. The van der Waals surface area contributed by atoms with Crippen LogP contribution in [0.15, 0.2) is 91.5 Å². The standard InChI is InChI=1S/C34H33F3O2/c1-3-5-21-38-28-16-13-26(14-17-28)31-19-15-27(33(36)34(31)37)12-9-24-7-10-25(11-8-24)30-20-18-29(23-32(30)35)39-22-6-4-2/h4,7-8,10-11,13-20,23H,2-3,5-6,9,12,21-22H2,1H3. The van der Waals surface area contributed by atoms with Gasteiger partial charge in [-0.2, -0.15) is 0 Å². The molecule has 0 fully saturated rings. The molecule has 0 radical (unpaired) electrons. The van der Waals surface area contributed by atoms with Crippen molar-refractivity contribution in [2.24, 2.45) is 0 Å². The molecule has 5 heteroatoms. The van der Waals surface area contributed by atoms with Gasteiger partial charge in [0.15, 0.2) is 11.6 Å². The monoisotopic (exact) mass is 530 g/mol. The zero-order chi connectivity index (χ0) is 27.6. The van der Waals surface area contributed by atoms with E-state index in [9.17, 15) is 13.2 Å². The quantitative estimate of drug-likeness (QED) is 0.127. The first kappa shape index (κ1) is 28.0. The van der Waals surface area contributed by atoms with Crippen LogP contribution >= 0.6 is 0 Å². The van der Waals surface area contributed by atoms with Crippen LogP contribution in [0, 0.1) is 17.5 Å². The Bertz CT molecular complexity index is 1380. The van der Waals surface area contributed by atoms with E-state index in [0.29, 0.717) is 60.7 Å². The molecule has 4 aromatic rings. The third kappa shape index (κ3) is 7.32. The van der Waals surface area contributed by atoms with E-state index in [1.54, 1.807) is 54.6 Å². The van der Waals surface area contributed by atoms with Crippen LogP contribution in [0.1, 0.15) is 37.3 Å². The molecule has 0 amide bonds. The largest absolute Gasteiger partial charge is 0.494 e. The normalized spacial score (nSPS) is 10.9. The Kier molecular flexibility index (Phi) is 9.85. The van der Waals surface area contributed by atoms with E-state index in [1.165, 1.54) is 6.07 Å². The second kappa shape index (κ2) is 13.7. The molecule has 0 bridgehead atoms. The molecule has 0 aliphatic heterocycles. The second-order valence-corrected chi connectivity index (χ2v) is 9.39. The van der Waals surface area contributed by atoms with Crippen LogP contribution in [-0.4, -0.2) is 13.2 Å². The summed E-state index contributed by atoms with van der Waals surface area (Å²) in [6, 6.07) is 22.6. The number of halogens is 3. The number of hydrogen-bond donors (Lipinski definition) is 0. The van der Waals surface area contributed by atoms with Gasteiger partial charge in [-0.25, -0.2) is 13.2 Å². The van der Waals surface area contributed by atoms with Gasteiger partial charge in [-0.15, -0.1) is 6.58 Å². The van der Waals surface area contributed by atoms with Crippen LogP contribution in [0.3, 0.4) is 0 Å². The van der Waals surface area contributed by atoms with Gasteiger partial charge in [0.2, 0.25) is 0 Å². The van der Waals surface area contributed by atoms with E-state index in [2.05, 4.69) is 13.5 Å². The minimum absolute atomic E-state index is 0.222. The number of aryl methyl sites for hydroxylation is 2. The van der Waals surface area contributed by atoms with Crippen molar-refractivity contribution in [3.05, 3.63) is 120 Å². The highest BCUT2D eigenvalue weighted by Gasteiger charge is 2.15. The van der Waals surface area contributed by atoms with E-state index in [0.717, 1.165) is 24.0 Å². The van der Waals surface area contributed by atoms with Gasteiger partial charge < -0.3 is 9.47 Å². The van der Waals surface area contributed by atoms with Crippen LogP contribution in [0.2, 0.25) is 0 Å². The van der Waals surface area contributed by atoms with Crippen molar-refractivity contribution in [2.45, 2.75) is 39.0 Å². The molecule has 0 spiro atoms. The van der Waals surface area contributed by atoms with Crippen molar-refractivity contribution in [3.63, 3.8) is 0 Å². The summed E-state index contributed by atoms with van der Waals surface area (Å²) in [5.74, 6) is -0.859. The number of hydrogen-bond acceptors (Lipinski definition) is 2. The zero-order valence-corrected chi connectivity index (χ0v) is 22.2. The molecular formula is C34H33F3O2. The maximum atomic E-state index is 15.0. The van der Waals surface area contributed by atoms with Gasteiger partial charge in [-0.3, -0.25) is 0 Å². The highest BCUT2D eigenvalue weighted by Crippen LogP contribution is 2.30.